The van der Waals surface area contributed by atoms with E-state index >= 15 is 0 Å². The topological polar surface area (TPSA) is 52.6 Å². The molecule has 0 bridgehead atoms. The maximum absolute atomic E-state index is 12.9. The monoisotopic (exact) mass is 578 g/mol. The Balaban J connectivity index is 1.60. The second-order valence-electron chi connectivity index (χ2n) is 7.38. The number of benzene rings is 4. The van der Waals surface area contributed by atoms with E-state index in [0.29, 0.717) is 22.6 Å². The van der Waals surface area contributed by atoms with Gasteiger partial charge < -0.3 is 9.47 Å². The van der Waals surface area contributed by atoms with E-state index in [0.717, 1.165) is 11.1 Å². The zero-order chi connectivity index (χ0) is 23.9. The van der Waals surface area contributed by atoms with Crippen molar-refractivity contribution < 1.29 is 19.1 Å². The predicted octanol–water partition coefficient (Wildman–Crippen LogP) is 7.70. The van der Waals surface area contributed by atoms with Gasteiger partial charge in [0.15, 0.2) is 0 Å². The maximum atomic E-state index is 12.9. The quantitative estimate of drug-likeness (QED) is 0.128. The summed E-state index contributed by atoms with van der Waals surface area (Å²) in [6.07, 6.45) is 0. The molecule has 0 saturated carbocycles. The van der Waals surface area contributed by atoms with E-state index in [1.165, 1.54) is 0 Å². The minimum Gasteiger partial charge on any atom is -0.423 e. The molecule has 0 aromatic heterocycles. The van der Waals surface area contributed by atoms with Crippen molar-refractivity contribution in [3.63, 3.8) is 0 Å². The highest BCUT2D eigenvalue weighted by Gasteiger charge is 2.28. The second-order valence-corrected chi connectivity index (χ2v) is 9.36. The predicted molar refractivity (Wildman–Crippen MR) is 139 cm³/mol. The number of ether oxygens (including phenoxy) is 2. The Morgan fingerprint density at radius 1 is 0.500 bits per heavy atom. The third-order valence-electron chi connectivity index (χ3n) is 5.12. The number of hydrogen-bond donors (Lipinski definition) is 0. The van der Waals surface area contributed by atoms with E-state index in [2.05, 4.69) is 31.9 Å². The summed E-state index contributed by atoms with van der Waals surface area (Å²) in [7, 11) is 0. The van der Waals surface area contributed by atoms with Gasteiger partial charge in [0.2, 0.25) is 0 Å². The molecular weight excluding hydrogens is 560 g/mol. The van der Waals surface area contributed by atoms with E-state index in [9.17, 15) is 9.59 Å². The summed E-state index contributed by atoms with van der Waals surface area (Å²) in [6.45, 7) is 0. The molecule has 170 valence electrons. The fourth-order valence-electron chi connectivity index (χ4n) is 3.46. The lowest BCUT2D eigenvalue weighted by Crippen LogP contribution is -2.16. The van der Waals surface area contributed by atoms with E-state index in [1.807, 2.05) is 60.7 Å². The number of esters is 2. The van der Waals surface area contributed by atoms with Crippen LogP contribution in [-0.2, 0) is 0 Å². The van der Waals surface area contributed by atoms with Crippen LogP contribution in [0.25, 0.3) is 0 Å². The van der Waals surface area contributed by atoms with Crippen LogP contribution in [0, 0.1) is 0 Å². The lowest BCUT2D eigenvalue weighted by atomic mass is 9.96. The van der Waals surface area contributed by atoms with Crippen molar-refractivity contribution in [3.8, 4) is 11.5 Å². The van der Waals surface area contributed by atoms with Crippen molar-refractivity contribution in [2.45, 2.75) is 9.65 Å². The number of rotatable bonds is 7. The van der Waals surface area contributed by atoms with Crippen molar-refractivity contribution in [1.82, 2.24) is 0 Å². The van der Waals surface area contributed by atoms with Crippen molar-refractivity contribution in [3.05, 3.63) is 131 Å². The molecule has 4 aromatic rings. The number of hydrogen-bond acceptors (Lipinski definition) is 4. The number of alkyl halides is 2. The molecule has 2 atom stereocenters. The van der Waals surface area contributed by atoms with E-state index in [1.54, 1.807) is 48.5 Å². The molecule has 0 aliphatic rings. The zero-order valence-electron chi connectivity index (χ0n) is 17.9. The average Bonchev–Trinajstić information content (AvgIpc) is 2.89. The van der Waals surface area contributed by atoms with Crippen molar-refractivity contribution >= 4 is 43.8 Å². The summed E-state index contributed by atoms with van der Waals surface area (Å²) in [6, 6.07) is 32.3. The summed E-state index contributed by atoms with van der Waals surface area (Å²) < 4.78 is 11.1. The van der Waals surface area contributed by atoms with Gasteiger partial charge in [-0.25, -0.2) is 9.59 Å². The van der Waals surface area contributed by atoms with Gasteiger partial charge in [0, 0.05) is 0 Å². The Kier molecular flexibility index (Phi) is 7.93. The molecule has 34 heavy (non-hydrogen) atoms. The Morgan fingerprint density at radius 2 is 0.824 bits per heavy atom. The molecule has 6 heteroatoms. The lowest BCUT2D eigenvalue weighted by Gasteiger charge is -2.22. The summed E-state index contributed by atoms with van der Waals surface area (Å²) >= 11 is 7.47. The molecule has 4 rings (SSSR count). The van der Waals surface area contributed by atoms with Crippen LogP contribution in [-0.4, -0.2) is 11.9 Å². The van der Waals surface area contributed by atoms with Gasteiger partial charge in [-0.05, 0) is 47.5 Å². The molecule has 0 saturated heterocycles. The lowest BCUT2D eigenvalue weighted by molar-refractivity contribution is 0.0723. The van der Waals surface area contributed by atoms with Gasteiger partial charge in [-0.1, -0.05) is 105 Å². The zero-order valence-corrected chi connectivity index (χ0v) is 21.1. The molecule has 0 fully saturated rings. The molecular formula is C28H20Br2O4. The van der Waals surface area contributed by atoms with Crippen LogP contribution in [0.1, 0.15) is 41.5 Å². The van der Waals surface area contributed by atoms with Crippen LogP contribution >= 0.6 is 31.9 Å². The van der Waals surface area contributed by atoms with Gasteiger partial charge in [0.1, 0.15) is 11.5 Å². The first-order valence-electron chi connectivity index (χ1n) is 10.5. The highest BCUT2D eigenvalue weighted by molar-refractivity contribution is 9.12. The summed E-state index contributed by atoms with van der Waals surface area (Å²) in [5, 5.41) is 0. The number of carbonyl (C=O) groups is 2. The molecule has 0 spiro atoms. The molecule has 0 heterocycles. The number of para-hydroxylation sites is 2. The summed E-state index contributed by atoms with van der Waals surface area (Å²) in [5.74, 6) is 0.0288. The summed E-state index contributed by atoms with van der Waals surface area (Å²) in [4.78, 5) is 25.2. The molecule has 4 nitrogen and oxygen atoms in total. The largest absolute Gasteiger partial charge is 0.423 e. The van der Waals surface area contributed by atoms with E-state index < -0.39 is 11.9 Å². The minimum atomic E-state index is -0.456. The van der Waals surface area contributed by atoms with Crippen LogP contribution in [0.4, 0.5) is 0 Å². The fourth-order valence-corrected chi connectivity index (χ4v) is 4.83. The third kappa shape index (κ3) is 5.64. The van der Waals surface area contributed by atoms with Crippen molar-refractivity contribution in [2.24, 2.45) is 0 Å². The molecule has 0 aliphatic carbocycles. The van der Waals surface area contributed by atoms with E-state index in [4.69, 9.17) is 9.47 Å². The van der Waals surface area contributed by atoms with Crippen LogP contribution < -0.4 is 9.47 Å². The molecule has 0 N–H and O–H groups in total. The van der Waals surface area contributed by atoms with Gasteiger partial charge in [-0.3, -0.25) is 0 Å². The Hall–Kier alpha value is -3.22. The van der Waals surface area contributed by atoms with Gasteiger partial charge in [-0.2, -0.15) is 0 Å². The molecule has 0 radical (unpaired) electrons. The van der Waals surface area contributed by atoms with Crippen LogP contribution in [0.2, 0.25) is 0 Å². The number of halogens is 2. The first-order chi connectivity index (χ1) is 16.5. The Labute approximate surface area is 214 Å². The SMILES string of the molecule is O=C(Oc1ccccc1)c1ccccc1[C@H](Br)[C@@H](Br)c1ccccc1C(=O)Oc1ccccc1. The smallest absolute Gasteiger partial charge is 0.343 e. The third-order valence-corrected chi connectivity index (χ3v) is 7.87. The normalized spacial score (nSPS) is 12.4. The second kappa shape index (κ2) is 11.3. The Morgan fingerprint density at radius 3 is 1.21 bits per heavy atom. The first kappa shape index (κ1) is 23.9. The van der Waals surface area contributed by atoms with Gasteiger partial charge in [0.05, 0.1) is 20.8 Å². The Bertz CT molecular complexity index is 1170. The highest BCUT2D eigenvalue weighted by atomic mass is 79.9. The fraction of sp³-hybridized carbons (Fsp3) is 0.0714. The maximum Gasteiger partial charge on any atom is 0.343 e. The van der Waals surface area contributed by atoms with Crippen molar-refractivity contribution in [2.75, 3.05) is 0 Å². The number of carbonyl (C=O) groups excluding carboxylic acids is 2. The average molecular weight is 580 g/mol. The van der Waals surface area contributed by atoms with Gasteiger partial charge in [-0.15, -0.1) is 0 Å². The molecule has 0 amide bonds. The van der Waals surface area contributed by atoms with Gasteiger partial charge >= 0.3 is 11.9 Å². The minimum absolute atomic E-state index is 0.335. The van der Waals surface area contributed by atoms with Gasteiger partial charge in [0.25, 0.3) is 0 Å². The molecule has 0 aliphatic heterocycles. The van der Waals surface area contributed by atoms with Crippen LogP contribution in [0.5, 0.6) is 11.5 Å². The molecule has 0 unspecified atom stereocenters. The van der Waals surface area contributed by atoms with E-state index in [-0.39, 0.29) is 9.65 Å². The van der Waals surface area contributed by atoms with Crippen LogP contribution in [0.15, 0.2) is 109 Å². The highest BCUT2D eigenvalue weighted by Crippen LogP contribution is 2.44. The van der Waals surface area contributed by atoms with Crippen molar-refractivity contribution in [1.29, 1.82) is 0 Å². The van der Waals surface area contributed by atoms with Crippen LogP contribution in [0.3, 0.4) is 0 Å². The molecule has 4 aromatic carbocycles. The summed E-state index contributed by atoms with van der Waals surface area (Å²) in [5.41, 5.74) is 2.33. The standard InChI is InChI=1S/C28H20Br2O4/c29-25(21-15-7-9-17-23(21)27(31)33-19-11-3-1-4-12-19)26(30)22-16-8-10-18-24(22)28(32)34-20-13-5-2-6-14-20/h1-18,25-26H/t25-,26-/m0/s1. The first-order valence-corrected chi connectivity index (χ1v) is 12.4.